The molecule has 0 saturated carbocycles. The van der Waals surface area contributed by atoms with Gasteiger partial charge in [0.05, 0.1) is 22.7 Å². The highest BCUT2D eigenvalue weighted by molar-refractivity contribution is 7.01. The zero-order chi connectivity index (χ0) is 50.8. The first kappa shape index (κ1) is 44.0. The minimum Gasteiger partial charge on any atom is -0.307 e. The van der Waals surface area contributed by atoms with Crippen LogP contribution in [0.4, 0.5) is 34.1 Å². The molecule has 0 saturated heterocycles. The van der Waals surface area contributed by atoms with Crippen LogP contribution < -0.4 is 42.6 Å². The Morgan fingerprint density at radius 2 is 0.689 bits per heavy atom. The number of fused-ring (bicyclic) bond motifs is 16. The Morgan fingerprint density at radius 1 is 0.324 bits per heavy atom. The molecule has 0 amide bonds. The normalized spacial score (nSPS) is 15.4. The van der Waals surface area contributed by atoms with E-state index in [4.69, 9.17) is 0 Å². The molecule has 0 bridgehead atoms. The molecule has 2 nitrogen and oxygen atoms in total. The highest BCUT2D eigenvalue weighted by Gasteiger charge is 2.51. The fourth-order valence-electron chi connectivity index (χ4n) is 15.7. The van der Waals surface area contributed by atoms with Crippen LogP contribution >= 0.6 is 0 Å². The van der Waals surface area contributed by atoms with Crippen molar-refractivity contribution in [3.05, 3.63) is 212 Å². The monoisotopic (exact) mass is 950 g/mol. The molecule has 0 radical (unpaired) electrons. The van der Waals surface area contributed by atoms with Gasteiger partial charge in [0.15, 0.2) is 0 Å². The van der Waals surface area contributed by atoms with E-state index in [0.717, 1.165) is 0 Å². The van der Waals surface area contributed by atoms with Gasteiger partial charge in [0.1, 0.15) is 0 Å². The van der Waals surface area contributed by atoms with Gasteiger partial charge in [0.2, 0.25) is 13.4 Å². The number of aryl methyl sites for hydroxylation is 8. The van der Waals surface area contributed by atoms with Crippen molar-refractivity contribution in [3.63, 3.8) is 0 Å². The molecule has 0 fully saturated rings. The molecule has 0 spiro atoms. The maximum atomic E-state index is 2.76. The Balaban J connectivity index is 1.15. The van der Waals surface area contributed by atoms with Crippen LogP contribution in [-0.4, -0.2) is 13.4 Å². The van der Waals surface area contributed by atoms with Gasteiger partial charge in [-0.05, 0) is 168 Å². The third kappa shape index (κ3) is 5.54. The summed E-state index contributed by atoms with van der Waals surface area (Å²) in [5, 5.41) is 5.17. The van der Waals surface area contributed by atoms with Crippen molar-refractivity contribution in [1.29, 1.82) is 0 Å². The van der Waals surface area contributed by atoms with Crippen LogP contribution in [0.1, 0.15) is 94.5 Å². The molecule has 0 N–H and O–H groups in total. The first-order valence-electron chi connectivity index (χ1n) is 27.0. The predicted molar refractivity (Wildman–Crippen MR) is 320 cm³/mol. The molecular formula is C70H60B2N2. The van der Waals surface area contributed by atoms with E-state index in [1.54, 1.807) is 0 Å². The lowest BCUT2D eigenvalue weighted by Gasteiger charge is -2.50. The number of hydrogen-bond donors (Lipinski definition) is 0. The van der Waals surface area contributed by atoms with Crippen molar-refractivity contribution < 1.29 is 0 Å². The van der Waals surface area contributed by atoms with E-state index in [2.05, 4.69) is 238 Å². The van der Waals surface area contributed by atoms with E-state index < -0.39 is 0 Å². The van der Waals surface area contributed by atoms with Gasteiger partial charge in [-0.3, -0.25) is 0 Å². The SMILES string of the molecule is Cc1cc(C)c(B2c3cc4c(cc3N3c5cc6ccccc6c6c5N(c5cc7c(cc5B6c5c(C)cc(C)cc5C)C(C)(C)c5cc(C)ccc5-7)c5cc6ccccc6c2c53)-c2ccc(C)cc2C4(C)C)c(C)c1. The maximum Gasteiger partial charge on any atom is 0.248 e. The lowest BCUT2D eigenvalue weighted by molar-refractivity contribution is 0.660. The largest absolute Gasteiger partial charge is 0.307 e. The smallest absolute Gasteiger partial charge is 0.248 e. The minimum absolute atomic E-state index is 0.0273. The Hall–Kier alpha value is -7.55. The molecule has 4 heteroatoms. The summed E-state index contributed by atoms with van der Waals surface area (Å²) < 4.78 is 0. The molecule has 3 aliphatic heterocycles. The molecule has 0 unspecified atom stereocenters. The summed E-state index contributed by atoms with van der Waals surface area (Å²) in [5.41, 5.74) is 37.4. The quantitative estimate of drug-likeness (QED) is 0.159. The molecular weight excluding hydrogens is 890 g/mol. The Kier molecular flexibility index (Phi) is 8.68. The molecule has 74 heavy (non-hydrogen) atoms. The minimum atomic E-state index is -0.175. The van der Waals surface area contributed by atoms with Crippen LogP contribution in [0.3, 0.4) is 0 Å². The van der Waals surface area contributed by atoms with Crippen LogP contribution in [0.25, 0.3) is 43.8 Å². The van der Waals surface area contributed by atoms with Crippen molar-refractivity contribution in [2.75, 3.05) is 9.80 Å². The summed E-state index contributed by atoms with van der Waals surface area (Å²) >= 11 is 0. The van der Waals surface area contributed by atoms with Gasteiger partial charge >= 0.3 is 0 Å². The fraction of sp³-hybridized carbons (Fsp3) is 0.200. The van der Waals surface area contributed by atoms with Crippen molar-refractivity contribution in [2.45, 2.75) is 93.9 Å². The highest BCUT2D eigenvalue weighted by Crippen LogP contribution is 2.60. The lowest BCUT2D eigenvalue weighted by Crippen LogP contribution is -2.62. The van der Waals surface area contributed by atoms with Crippen LogP contribution in [-0.2, 0) is 10.8 Å². The second kappa shape index (κ2) is 14.6. The van der Waals surface area contributed by atoms with Gasteiger partial charge in [-0.2, -0.15) is 0 Å². The average molecular weight is 951 g/mol. The third-order valence-electron chi connectivity index (χ3n) is 18.7. The summed E-state index contributed by atoms with van der Waals surface area (Å²) in [4.78, 5) is 5.52. The van der Waals surface area contributed by atoms with Crippen LogP contribution in [0, 0.1) is 55.4 Å². The number of nitrogens with zero attached hydrogens (tertiary/aromatic N) is 2. The van der Waals surface area contributed by atoms with Crippen LogP contribution in [0.5, 0.6) is 0 Å². The zero-order valence-corrected chi connectivity index (χ0v) is 44.9. The number of rotatable bonds is 2. The summed E-state index contributed by atoms with van der Waals surface area (Å²) in [6.07, 6.45) is 0. The van der Waals surface area contributed by atoms with E-state index >= 15 is 0 Å². The Morgan fingerprint density at radius 3 is 1.08 bits per heavy atom. The fourth-order valence-corrected chi connectivity index (χ4v) is 15.7. The van der Waals surface area contributed by atoms with E-state index in [-0.39, 0.29) is 24.3 Å². The van der Waals surface area contributed by atoms with Gasteiger partial charge in [0, 0.05) is 22.2 Å². The molecule has 3 heterocycles. The molecule has 0 atom stereocenters. The standard InChI is InChI=1S/C70H60B2N2/c1-37-21-23-49-51-33-59-57(35-55(51)69(9,10)53(49)29-37)71(63-41(5)25-39(3)26-42(63)6)65-47-19-15-13-18-46(47)32-62-67(65)73(59)61-31-45-17-14-16-20-48(45)66-68(61)74(62)60-34-52-50-24-22-38(2)30-54(50)70(11,12)56(52)36-58(60)72(66)64-43(7)27-40(4)28-44(64)8/h13-36H,1-12H3. The number of anilines is 6. The van der Waals surface area contributed by atoms with E-state index in [9.17, 15) is 0 Å². The van der Waals surface area contributed by atoms with Crippen molar-refractivity contribution in [2.24, 2.45) is 0 Å². The topological polar surface area (TPSA) is 6.48 Å². The van der Waals surface area contributed by atoms with Gasteiger partial charge in [-0.25, -0.2) is 0 Å². The Bertz CT molecular complexity index is 3940. The second-order valence-corrected chi connectivity index (χ2v) is 24.2. The number of benzene rings is 10. The molecule has 0 aromatic heterocycles. The first-order chi connectivity index (χ1) is 35.5. The van der Waals surface area contributed by atoms with E-state index in [1.165, 1.54) is 177 Å². The average Bonchev–Trinajstić information content (AvgIpc) is 3.85. The molecule has 10 aromatic rings. The summed E-state index contributed by atoms with van der Waals surface area (Å²) in [6, 6.07) is 58.3. The molecule has 15 rings (SSSR count). The maximum absolute atomic E-state index is 2.76. The second-order valence-electron chi connectivity index (χ2n) is 24.2. The van der Waals surface area contributed by atoms with Crippen molar-refractivity contribution >= 4 is 102 Å². The first-order valence-corrected chi connectivity index (χ1v) is 27.0. The van der Waals surface area contributed by atoms with E-state index in [1.807, 2.05) is 0 Å². The van der Waals surface area contributed by atoms with Crippen LogP contribution in [0.2, 0.25) is 0 Å². The molecule has 10 aromatic carbocycles. The predicted octanol–water partition coefficient (Wildman–Crippen LogP) is 14.0. The van der Waals surface area contributed by atoms with Crippen molar-refractivity contribution in [3.8, 4) is 22.3 Å². The number of hydrogen-bond acceptors (Lipinski definition) is 2. The van der Waals surface area contributed by atoms with Gasteiger partial charge in [-0.1, -0.05) is 204 Å². The summed E-state index contributed by atoms with van der Waals surface area (Å²) in [5.74, 6) is 0. The molecule has 356 valence electrons. The summed E-state index contributed by atoms with van der Waals surface area (Å²) in [7, 11) is 0. The lowest BCUT2D eigenvalue weighted by atomic mass is 9.32. The van der Waals surface area contributed by atoms with Gasteiger partial charge in [-0.15, -0.1) is 0 Å². The van der Waals surface area contributed by atoms with E-state index in [0.29, 0.717) is 0 Å². The zero-order valence-electron chi connectivity index (χ0n) is 44.9. The molecule has 5 aliphatic rings. The molecule has 2 aliphatic carbocycles. The highest BCUT2D eigenvalue weighted by atomic mass is 15.3. The van der Waals surface area contributed by atoms with Gasteiger partial charge < -0.3 is 9.80 Å². The Labute approximate surface area is 437 Å². The van der Waals surface area contributed by atoms with Gasteiger partial charge in [0.25, 0.3) is 0 Å². The van der Waals surface area contributed by atoms with Crippen molar-refractivity contribution in [1.82, 2.24) is 0 Å². The summed E-state index contributed by atoms with van der Waals surface area (Å²) in [6.45, 7) is 28.2. The van der Waals surface area contributed by atoms with Crippen LogP contribution in [0.15, 0.2) is 146 Å². The third-order valence-corrected chi connectivity index (χ3v) is 18.7.